The average molecular weight is 323 g/mol. The van der Waals surface area contributed by atoms with Crippen LogP contribution in [0.15, 0.2) is 22.7 Å². The molecule has 1 N–H and O–H groups in total. The Kier molecular flexibility index (Phi) is 3.63. The van der Waals surface area contributed by atoms with Gasteiger partial charge in [0.2, 0.25) is 0 Å². The molecule has 1 unspecified atom stereocenters. The quantitative estimate of drug-likeness (QED) is 0.907. The van der Waals surface area contributed by atoms with Crippen LogP contribution in [-0.2, 0) is 0 Å². The minimum Gasteiger partial charge on any atom is -0.348 e. The lowest BCUT2D eigenvalue weighted by Crippen LogP contribution is -2.57. The van der Waals surface area contributed by atoms with Gasteiger partial charge in [0.1, 0.15) is 0 Å². The van der Waals surface area contributed by atoms with Crippen molar-refractivity contribution in [1.82, 2.24) is 10.2 Å². The molecule has 1 aromatic carbocycles. The van der Waals surface area contributed by atoms with Crippen LogP contribution in [0.3, 0.4) is 0 Å². The first-order valence-electron chi connectivity index (χ1n) is 6.93. The standard InChI is InChI=1S/C15H19BrN2O/c1-10-2-3-12(16)8-13(10)15(19)17-14-9-18-6-4-11(14)5-7-18/h2-3,8,11,14H,4-7,9H2,1H3,(H,17,19). The molecule has 4 heteroatoms. The van der Waals surface area contributed by atoms with E-state index in [1.807, 2.05) is 25.1 Å². The topological polar surface area (TPSA) is 32.3 Å². The fourth-order valence-electron chi connectivity index (χ4n) is 3.21. The smallest absolute Gasteiger partial charge is 0.251 e. The Labute approximate surface area is 122 Å². The van der Waals surface area contributed by atoms with Crippen molar-refractivity contribution in [1.29, 1.82) is 0 Å². The summed E-state index contributed by atoms with van der Waals surface area (Å²) in [7, 11) is 0. The molecule has 3 heterocycles. The van der Waals surface area contributed by atoms with Gasteiger partial charge in [-0.15, -0.1) is 0 Å². The molecule has 0 aliphatic carbocycles. The summed E-state index contributed by atoms with van der Waals surface area (Å²) in [6.07, 6.45) is 2.45. The Balaban J connectivity index is 1.73. The number of amides is 1. The minimum absolute atomic E-state index is 0.0672. The SMILES string of the molecule is Cc1ccc(Br)cc1C(=O)NC1CN2CCC1CC2. The molecule has 3 aliphatic heterocycles. The van der Waals surface area contributed by atoms with Crippen LogP contribution in [0.2, 0.25) is 0 Å². The lowest BCUT2D eigenvalue weighted by molar-refractivity contribution is 0.0620. The van der Waals surface area contributed by atoms with Crippen molar-refractivity contribution in [3.63, 3.8) is 0 Å². The second-order valence-corrected chi connectivity index (χ2v) is 6.59. The Morgan fingerprint density at radius 2 is 2.11 bits per heavy atom. The fourth-order valence-corrected chi connectivity index (χ4v) is 3.57. The molecule has 0 radical (unpaired) electrons. The number of benzene rings is 1. The molecule has 3 saturated heterocycles. The van der Waals surface area contributed by atoms with E-state index in [9.17, 15) is 4.79 Å². The fraction of sp³-hybridized carbons (Fsp3) is 0.533. The molecule has 4 rings (SSSR count). The summed E-state index contributed by atoms with van der Waals surface area (Å²) in [5, 5.41) is 3.23. The summed E-state index contributed by atoms with van der Waals surface area (Å²) < 4.78 is 0.956. The number of carbonyl (C=O) groups is 1. The third-order valence-electron chi connectivity index (χ3n) is 4.42. The van der Waals surface area contributed by atoms with Crippen LogP contribution >= 0.6 is 15.9 Å². The van der Waals surface area contributed by atoms with Crippen molar-refractivity contribution < 1.29 is 4.79 Å². The normalized spacial score (nSPS) is 29.3. The van der Waals surface area contributed by atoms with Crippen molar-refractivity contribution in [3.05, 3.63) is 33.8 Å². The lowest BCUT2D eigenvalue weighted by atomic mass is 9.84. The number of hydrogen-bond donors (Lipinski definition) is 1. The molecular formula is C15H19BrN2O. The zero-order valence-electron chi connectivity index (χ0n) is 11.2. The molecule has 1 amide bonds. The van der Waals surface area contributed by atoms with Gasteiger partial charge in [-0.25, -0.2) is 0 Å². The third kappa shape index (κ3) is 2.70. The summed E-state index contributed by atoms with van der Waals surface area (Å²) in [5.74, 6) is 0.735. The molecular weight excluding hydrogens is 304 g/mol. The molecule has 1 atom stereocenters. The first kappa shape index (κ1) is 13.1. The highest BCUT2D eigenvalue weighted by Gasteiger charge is 2.35. The number of rotatable bonds is 2. The Morgan fingerprint density at radius 3 is 2.74 bits per heavy atom. The predicted octanol–water partition coefficient (Wildman–Crippen LogP) is 2.58. The number of halogens is 1. The van der Waals surface area contributed by atoms with Crippen LogP contribution in [0, 0.1) is 12.8 Å². The summed E-state index contributed by atoms with van der Waals surface area (Å²) >= 11 is 3.43. The third-order valence-corrected chi connectivity index (χ3v) is 4.91. The minimum atomic E-state index is 0.0672. The van der Waals surface area contributed by atoms with Gasteiger partial charge in [0.15, 0.2) is 0 Å². The van der Waals surface area contributed by atoms with Crippen molar-refractivity contribution in [2.75, 3.05) is 19.6 Å². The first-order chi connectivity index (χ1) is 9.13. The summed E-state index contributed by atoms with van der Waals surface area (Å²) in [6, 6.07) is 6.19. The van der Waals surface area contributed by atoms with Crippen LogP contribution < -0.4 is 5.32 Å². The molecule has 1 aromatic rings. The highest BCUT2D eigenvalue weighted by Crippen LogP contribution is 2.28. The molecule has 0 saturated carbocycles. The molecule has 3 aliphatic rings. The first-order valence-corrected chi connectivity index (χ1v) is 7.72. The summed E-state index contributed by atoms with van der Waals surface area (Å²) in [4.78, 5) is 14.9. The van der Waals surface area contributed by atoms with Gasteiger partial charge < -0.3 is 10.2 Å². The van der Waals surface area contributed by atoms with Crippen molar-refractivity contribution >= 4 is 21.8 Å². The van der Waals surface area contributed by atoms with E-state index in [2.05, 4.69) is 26.1 Å². The van der Waals surface area contributed by atoms with E-state index in [1.165, 1.54) is 25.9 Å². The highest BCUT2D eigenvalue weighted by atomic mass is 79.9. The second kappa shape index (κ2) is 5.25. The maximum atomic E-state index is 12.4. The van der Waals surface area contributed by atoms with E-state index >= 15 is 0 Å². The number of carbonyl (C=O) groups excluding carboxylic acids is 1. The van der Waals surface area contributed by atoms with E-state index in [1.54, 1.807) is 0 Å². The molecule has 19 heavy (non-hydrogen) atoms. The van der Waals surface area contributed by atoms with Gasteiger partial charge in [-0.05, 0) is 56.5 Å². The van der Waals surface area contributed by atoms with Crippen molar-refractivity contribution in [2.45, 2.75) is 25.8 Å². The van der Waals surface area contributed by atoms with Gasteiger partial charge in [-0.1, -0.05) is 22.0 Å². The summed E-state index contributed by atoms with van der Waals surface area (Å²) in [5.41, 5.74) is 1.81. The van der Waals surface area contributed by atoms with Gasteiger partial charge >= 0.3 is 0 Å². The number of fused-ring (bicyclic) bond motifs is 3. The molecule has 0 aromatic heterocycles. The van der Waals surface area contributed by atoms with E-state index in [4.69, 9.17) is 0 Å². The second-order valence-electron chi connectivity index (χ2n) is 5.68. The van der Waals surface area contributed by atoms with Gasteiger partial charge in [-0.2, -0.15) is 0 Å². The van der Waals surface area contributed by atoms with Crippen LogP contribution in [-0.4, -0.2) is 36.5 Å². The van der Waals surface area contributed by atoms with Crippen LogP contribution in [0.5, 0.6) is 0 Å². The van der Waals surface area contributed by atoms with Gasteiger partial charge in [-0.3, -0.25) is 4.79 Å². The number of hydrogen-bond acceptors (Lipinski definition) is 2. The number of nitrogens with zero attached hydrogens (tertiary/aromatic N) is 1. The van der Waals surface area contributed by atoms with Crippen LogP contribution in [0.4, 0.5) is 0 Å². The van der Waals surface area contributed by atoms with Gasteiger partial charge in [0.05, 0.1) is 0 Å². The van der Waals surface area contributed by atoms with Crippen LogP contribution in [0.1, 0.15) is 28.8 Å². The Hall–Kier alpha value is -0.870. The Bertz CT molecular complexity index is 495. The van der Waals surface area contributed by atoms with Crippen molar-refractivity contribution in [3.8, 4) is 0 Å². The number of aryl methyl sites for hydroxylation is 1. The van der Waals surface area contributed by atoms with Crippen LogP contribution in [0.25, 0.3) is 0 Å². The maximum absolute atomic E-state index is 12.4. The molecule has 3 fully saturated rings. The average Bonchev–Trinajstić information content (AvgIpc) is 2.43. The van der Waals surface area contributed by atoms with E-state index in [-0.39, 0.29) is 5.91 Å². The monoisotopic (exact) mass is 322 g/mol. The molecule has 2 bridgehead atoms. The zero-order valence-corrected chi connectivity index (χ0v) is 12.7. The number of nitrogens with one attached hydrogen (secondary N) is 1. The molecule has 3 nitrogen and oxygen atoms in total. The predicted molar refractivity (Wildman–Crippen MR) is 79.3 cm³/mol. The van der Waals surface area contributed by atoms with E-state index in [0.717, 1.165) is 22.1 Å². The van der Waals surface area contributed by atoms with Gasteiger partial charge in [0, 0.05) is 22.6 Å². The lowest BCUT2D eigenvalue weighted by Gasteiger charge is -2.45. The molecule has 102 valence electrons. The largest absolute Gasteiger partial charge is 0.348 e. The summed E-state index contributed by atoms with van der Waals surface area (Å²) in [6.45, 7) is 5.40. The maximum Gasteiger partial charge on any atom is 0.251 e. The highest BCUT2D eigenvalue weighted by molar-refractivity contribution is 9.10. The van der Waals surface area contributed by atoms with Crippen molar-refractivity contribution in [2.24, 2.45) is 5.92 Å². The molecule has 0 spiro atoms. The Morgan fingerprint density at radius 1 is 1.37 bits per heavy atom. The van der Waals surface area contributed by atoms with Gasteiger partial charge in [0.25, 0.3) is 5.91 Å². The van der Waals surface area contributed by atoms with E-state index < -0.39 is 0 Å². The van der Waals surface area contributed by atoms with E-state index in [0.29, 0.717) is 12.0 Å². The number of piperidine rings is 3. The zero-order chi connectivity index (χ0) is 13.4.